The van der Waals surface area contributed by atoms with Gasteiger partial charge in [0.1, 0.15) is 0 Å². The zero-order valence-electron chi connectivity index (χ0n) is 8.69. The van der Waals surface area contributed by atoms with E-state index in [0.29, 0.717) is 11.9 Å². The van der Waals surface area contributed by atoms with E-state index in [1.54, 1.807) is 0 Å². The van der Waals surface area contributed by atoms with Crippen LogP contribution in [0.25, 0.3) is 0 Å². The van der Waals surface area contributed by atoms with E-state index in [4.69, 9.17) is 16.3 Å². The summed E-state index contributed by atoms with van der Waals surface area (Å²) in [6, 6.07) is 4.27. The molecule has 0 saturated carbocycles. The summed E-state index contributed by atoms with van der Waals surface area (Å²) in [5, 5.41) is 8.16. The first-order valence-corrected chi connectivity index (χ1v) is 5.54. The van der Waals surface area contributed by atoms with Crippen molar-refractivity contribution < 1.29 is 4.74 Å². The van der Waals surface area contributed by atoms with Crippen LogP contribution in [0.15, 0.2) is 12.1 Å². The number of alkyl halides is 1. The molecular formula is C10H14ClN3O. The van der Waals surface area contributed by atoms with Gasteiger partial charge in [0.2, 0.25) is 0 Å². The maximum Gasteiger partial charge on any atom is 0.151 e. The molecule has 0 aliphatic carbocycles. The van der Waals surface area contributed by atoms with Crippen molar-refractivity contribution in [2.24, 2.45) is 0 Å². The molecule has 15 heavy (non-hydrogen) atoms. The van der Waals surface area contributed by atoms with Crippen LogP contribution in [-0.2, 0) is 10.6 Å². The molecule has 0 bridgehead atoms. The molecule has 1 fully saturated rings. The summed E-state index contributed by atoms with van der Waals surface area (Å²) in [4.78, 5) is 2.11. The molecule has 2 heterocycles. The van der Waals surface area contributed by atoms with Gasteiger partial charge in [0.05, 0.1) is 24.2 Å². The van der Waals surface area contributed by atoms with E-state index in [1.807, 2.05) is 19.2 Å². The standard InChI is InChI=1S/C10H14ClN3O/c1-14(9-4-5-15-7-9)10-3-2-8(6-11)12-13-10/h2-3,9H,4-7H2,1H3. The van der Waals surface area contributed by atoms with Gasteiger partial charge < -0.3 is 9.64 Å². The van der Waals surface area contributed by atoms with E-state index in [-0.39, 0.29) is 0 Å². The molecule has 0 spiro atoms. The number of halogens is 1. The van der Waals surface area contributed by atoms with E-state index < -0.39 is 0 Å². The van der Waals surface area contributed by atoms with Crippen molar-refractivity contribution >= 4 is 17.4 Å². The lowest BCUT2D eigenvalue weighted by Gasteiger charge is -2.23. The highest BCUT2D eigenvalue weighted by Crippen LogP contribution is 2.17. The van der Waals surface area contributed by atoms with Gasteiger partial charge in [0, 0.05) is 13.7 Å². The molecule has 1 unspecified atom stereocenters. The number of aromatic nitrogens is 2. The van der Waals surface area contributed by atoms with Crippen molar-refractivity contribution in [2.75, 3.05) is 25.2 Å². The molecule has 1 aliphatic heterocycles. The minimum Gasteiger partial charge on any atom is -0.379 e. The molecule has 2 rings (SSSR count). The number of likely N-dealkylation sites (N-methyl/N-ethyl adjacent to an activating group) is 1. The fourth-order valence-electron chi connectivity index (χ4n) is 1.63. The zero-order valence-corrected chi connectivity index (χ0v) is 9.44. The van der Waals surface area contributed by atoms with Crippen LogP contribution in [0.3, 0.4) is 0 Å². The topological polar surface area (TPSA) is 38.2 Å². The molecule has 5 heteroatoms. The van der Waals surface area contributed by atoms with Crippen LogP contribution < -0.4 is 4.90 Å². The quantitative estimate of drug-likeness (QED) is 0.733. The van der Waals surface area contributed by atoms with Crippen LogP contribution in [-0.4, -0.2) is 36.5 Å². The Morgan fingerprint density at radius 3 is 2.93 bits per heavy atom. The largest absolute Gasteiger partial charge is 0.379 e. The lowest BCUT2D eigenvalue weighted by molar-refractivity contribution is 0.193. The lowest BCUT2D eigenvalue weighted by atomic mass is 10.2. The van der Waals surface area contributed by atoms with Crippen molar-refractivity contribution in [3.05, 3.63) is 17.8 Å². The van der Waals surface area contributed by atoms with Gasteiger partial charge in [-0.05, 0) is 18.6 Å². The average molecular weight is 228 g/mol. The maximum atomic E-state index is 5.65. The number of hydrogen-bond donors (Lipinski definition) is 0. The van der Waals surface area contributed by atoms with Gasteiger partial charge in [-0.3, -0.25) is 0 Å². The number of hydrogen-bond acceptors (Lipinski definition) is 4. The fraction of sp³-hybridized carbons (Fsp3) is 0.600. The molecule has 1 aliphatic rings. The molecule has 0 amide bonds. The third-order valence-electron chi connectivity index (χ3n) is 2.66. The highest BCUT2D eigenvalue weighted by Gasteiger charge is 2.21. The van der Waals surface area contributed by atoms with Gasteiger partial charge in [-0.25, -0.2) is 0 Å². The number of ether oxygens (including phenoxy) is 1. The Balaban J connectivity index is 2.07. The first-order chi connectivity index (χ1) is 7.31. The Labute approximate surface area is 94.2 Å². The van der Waals surface area contributed by atoms with E-state index >= 15 is 0 Å². The molecular weight excluding hydrogens is 214 g/mol. The van der Waals surface area contributed by atoms with Gasteiger partial charge in [0.15, 0.2) is 5.82 Å². The lowest BCUT2D eigenvalue weighted by Crippen LogP contribution is -2.32. The molecule has 0 aromatic carbocycles. The van der Waals surface area contributed by atoms with E-state index in [9.17, 15) is 0 Å². The molecule has 82 valence electrons. The van der Waals surface area contributed by atoms with Gasteiger partial charge in [-0.15, -0.1) is 16.7 Å². The number of nitrogens with zero attached hydrogens (tertiary/aromatic N) is 3. The normalized spacial score (nSPS) is 20.5. The van der Waals surface area contributed by atoms with Crippen molar-refractivity contribution in [1.29, 1.82) is 0 Å². The second-order valence-corrected chi connectivity index (χ2v) is 3.91. The highest BCUT2D eigenvalue weighted by molar-refractivity contribution is 6.16. The first kappa shape index (κ1) is 10.6. The Hall–Kier alpha value is -0.870. The van der Waals surface area contributed by atoms with Crippen LogP contribution in [0.1, 0.15) is 12.1 Å². The molecule has 1 aromatic heterocycles. The molecule has 0 N–H and O–H groups in total. The summed E-state index contributed by atoms with van der Waals surface area (Å²) in [7, 11) is 2.02. The summed E-state index contributed by atoms with van der Waals surface area (Å²) in [6.45, 7) is 1.61. The summed E-state index contributed by atoms with van der Waals surface area (Å²) >= 11 is 5.65. The zero-order chi connectivity index (χ0) is 10.7. The summed E-state index contributed by atoms with van der Waals surface area (Å²) in [6.07, 6.45) is 1.05. The minimum absolute atomic E-state index is 0.406. The fourth-order valence-corrected chi connectivity index (χ4v) is 1.77. The predicted octanol–water partition coefficient (Wildman–Crippen LogP) is 1.44. The monoisotopic (exact) mass is 227 g/mol. The number of rotatable bonds is 3. The van der Waals surface area contributed by atoms with E-state index in [2.05, 4.69) is 15.1 Å². The van der Waals surface area contributed by atoms with Gasteiger partial charge in [0.25, 0.3) is 0 Å². The highest BCUT2D eigenvalue weighted by atomic mass is 35.5. The van der Waals surface area contributed by atoms with Crippen LogP contribution >= 0.6 is 11.6 Å². The first-order valence-electron chi connectivity index (χ1n) is 5.00. The van der Waals surface area contributed by atoms with Crippen LogP contribution in [0.5, 0.6) is 0 Å². The van der Waals surface area contributed by atoms with E-state index in [0.717, 1.165) is 31.1 Å². The summed E-state index contributed by atoms with van der Waals surface area (Å²) in [5.74, 6) is 1.28. The molecule has 1 saturated heterocycles. The second-order valence-electron chi connectivity index (χ2n) is 3.64. The Kier molecular flexibility index (Phi) is 3.38. The third kappa shape index (κ3) is 2.38. The van der Waals surface area contributed by atoms with Crippen molar-refractivity contribution in [3.63, 3.8) is 0 Å². The SMILES string of the molecule is CN(c1ccc(CCl)nn1)C1CCOC1. The predicted molar refractivity (Wildman–Crippen MR) is 59.2 cm³/mol. The van der Waals surface area contributed by atoms with Crippen molar-refractivity contribution in [1.82, 2.24) is 10.2 Å². The Bertz CT molecular complexity index is 311. The summed E-state index contributed by atoms with van der Waals surface area (Å²) < 4.78 is 5.33. The average Bonchev–Trinajstić information content (AvgIpc) is 2.82. The van der Waals surface area contributed by atoms with Crippen molar-refractivity contribution in [2.45, 2.75) is 18.3 Å². The van der Waals surface area contributed by atoms with Crippen LogP contribution in [0.4, 0.5) is 5.82 Å². The van der Waals surface area contributed by atoms with Crippen molar-refractivity contribution in [3.8, 4) is 0 Å². The summed E-state index contributed by atoms with van der Waals surface area (Å²) in [5.41, 5.74) is 0.802. The smallest absolute Gasteiger partial charge is 0.151 e. The molecule has 4 nitrogen and oxygen atoms in total. The third-order valence-corrected chi connectivity index (χ3v) is 2.93. The minimum atomic E-state index is 0.406. The van der Waals surface area contributed by atoms with Crippen LogP contribution in [0, 0.1) is 0 Å². The molecule has 0 radical (unpaired) electrons. The van der Waals surface area contributed by atoms with E-state index in [1.165, 1.54) is 0 Å². The van der Waals surface area contributed by atoms with Gasteiger partial charge >= 0.3 is 0 Å². The Morgan fingerprint density at radius 1 is 1.53 bits per heavy atom. The second kappa shape index (κ2) is 4.77. The van der Waals surface area contributed by atoms with Gasteiger partial charge in [-0.1, -0.05) is 0 Å². The number of anilines is 1. The Morgan fingerprint density at radius 2 is 2.40 bits per heavy atom. The maximum absolute atomic E-state index is 5.65. The molecule has 1 aromatic rings. The van der Waals surface area contributed by atoms with Crippen LogP contribution in [0.2, 0.25) is 0 Å². The van der Waals surface area contributed by atoms with Gasteiger partial charge in [-0.2, -0.15) is 5.10 Å². The molecule has 1 atom stereocenters.